The van der Waals surface area contributed by atoms with Crippen molar-refractivity contribution < 1.29 is 9.84 Å². The molecule has 0 bridgehead atoms. The fourth-order valence-electron chi connectivity index (χ4n) is 2.21. The van der Waals surface area contributed by atoms with Gasteiger partial charge in [-0.3, -0.25) is 0 Å². The SMILES string of the molecule is CCCCCCCC[C@@H](C)O[C@H](C)C[C@@H](C)O. The largest absolute Gasteiger partial charge is 0.393 e. The maximum atomic E-state index is 9.25. The second-order valence-electron chi connectivity index (χ2n) is 5.40. The summed E-state index contributed by atoms with van der Waals surface area (Å²) in [7, 11) is 0. The van der Waals surface area contributed by atoms with Gasteiger partial charge in [0.15, 0.2) is 0 Å². The summed E-state index contributed by atoms with van der Waals surface area (Å²) in [4.78, 5) is 0. The molecule has 2 nitrogen and oxygen atoms in total. The zero-order valence-corrected chi connectivity index (χ0v) is 12.2. The van der Waals surface area contributed by atoms with Crippen molar-refractivity contribution in [3.05, 3.63) is 0 Å². The van der Waals surface area contributed by atoms with Crippen LogP contribution in [-0.4, -0.2) is 23.4 Å². The zero-order valence-electron chi connectivity index (χ0n) is 12.2. The van der Waals surface area contributed by atoms with Gasteiger partial charge in [-0.2, -0.15) is 0 Å². The van der Waals surface area contributed by atoms with Gasteiger partial charge in [0.2, 0.25) is 0 Å². The second-order valence-corrected chi connectivity index (χ2v) is 5.40. The Labute approximate surface area is 108 Å². The van der Waals surface area contributed by atoms with E-state index in [9.17, 15) is 5.11 Å². The number of aliphatic hydroxyl groups excluding tert-OH is 1. The van der Waals surface area contributed by atoms with Gasteiger partial charge in [0.05, 0.1) is 18.3 Å². The quantitative estimate of drug-likeness (QED) is 0.549. The Morgan fingerprint density at radius 2 is 1.47 bits per heavy atom. The Kier molecular flexibility index (Phi) is 11.0. The van der Waals surface area contributed by atoms with Gasteiger partial charge < -0.3 is 9.84 Å². The van der Waals surface area contributed by atoms with Crippen LogP contribution in [0.15, 0.2) is 0 Å². The third-order valence-electron chi connectivity index (χ3n) is 3.10. The molecule has 0 aliphatic carbocycles. The highest BCUT2D eigenvalue weighted by Gasteiger charge is 2.10. The fraction of sp³-hybridized carbons (Fsp3) is 1.00. The first-order chi connectivity index (χ1) is 8.06. The maximum absolute atomic E-state index is 9.25. The number of rotatable bonds is 11. The number of unbranched alkanes of at least 4 members (excludes halogenated alkanes) is 5. The molecule has 0 unspecified atom stereocenters. The standard InChI is InChI=1S/C15H32O2/c1-5-6-7-8-9-10-11-14(3)17-15(4)12-13(2)16/h13-16H,5-12H2,1-4H3/t13-,14-,15-/m1/s1. The Morgan fingerprint density at radius 1 is 0.882 bits per heavy atom. The van der Waals surface area contributed by atoms with E-state index >= 15 is 0 Å². The number of hydrogen-bond donors (Lipinski definition) is 1. The lowest BCUT2D eigenvalue weighted by Gasteiger charge is -2.20. The van der Waals surface area contributed by atoms with Gasteiger partial charge in [-0.05, 0) is 33.6 Å². The molecular weight excluding hydrogens is 212 g/mol. The molecule has 0 spiro atoms. The molecule has 0 aromatic rings. The van der Waals surface area contributed by atoms with Gasteiger partial charge in [-0.1, -0.05) is 45.4 Å². The molecule has 17 heavy (non-hydrogen) atoms. The highest BCUT2D eigenvalue weighted by Crippen LogP contribution is 2.13. The molecule has 0 aromatic heterocycles. The Balaban J connectivity index is 3.36. The third kappa shape index (κ3) is 12.2. The lowest BCUT2D eigenvalue weighted by Crippen LogP contribution is -2.21. The van der Waals surface area contributed by atoms with Crippen molar-refractivity contribution in [2.45, 2.75) is 97.4 Å². The number of ether oxygens (including phenoxy) is 1. The van der Waals surface area contributed by atoms with E-state index < -0.39 is 0 Å². The van der Waals surface area contributed by atoms with Crippen LogP contribution in [-0.2, 0) is 4.74 Å². The normalized spacial score (nSPS) is 16.8. The Hall–Kier alpha value is -0.0800. The van der Waals surface area contributed by atoms with Gasteiger partial charge in [-0.25, -0.2) is 0 Å². The van der Waals surface area contributed by atoms with E-state index in [1.807, 2.05) is 13.8 Å². The van der Waals surface area contributed by atoms with Gasteiger partial charge in [0.1, 0.15) is 0 Å². The van der Waals surface area contributed by atoms with Crippen molar-refractivity contribution in [3.8, 4) is 0 Å². The van der Waals surface area contributed by atoms with Gasteiger partial charge in [-0.15, -0.1) is 0 Å². The lowest BCUT2D eigenvalue weighted by molar-refractivity contribution is -0.0195. The molecule has 0 radical (unpaired) electrons. The van der Waals surface area contributed by atoms with Crippen molar-refractivity contribution in [3.63, 3.8) is 0 Å². The minimum absolute atomic E-state index is 0.171. The molecule has 0 heterocycles. The average Bonchev–Trinajstić information content (AvgIpc) is 2.21. The smallest absolute Gasteiger partial charge is 0.0575 e. The van der Waals surface area contributed by atoms with Crippen LogP contribution in [0.5, 0.6) is 0 Å². The minimum atomic E-state index is -0.258. The zero-order chi connectivity index (χ0) is 13.1. The summed E-state index contributed by atoms with van der Waals surface area (Å²) in [5.74, 6) is 0. The lowest BCUT2D eigenvalue weighted by atomic mass is 10.1. The van der Waals surface area contributed by atoms with Crippen LogP contribution in [0.4, 0.5) is 0 Å². The molecule has 0 aliphatic rings. The summed E-state index contributed by atoms with van der Waals surface area (Å²) in [5, 5.41) is 9.25. The van der Waals surface area contributed by atoms with Gasteiger partial charge in [0.25, 0.3) is 0 Å². The van der Waals surface area contributed by atoms with E-state index in [0.29, 0.717) is 6.10 Å². The summed E-state index contributed by atoms with van der Waals surface area (Å²) in [6.45, 7) is 8.26. The Bertz CT molecular complexity index is 157. The molecule has 2 heteroatoms. The van der Waals surface area contributed by atoms with E-state index in [2.05, 4.69) is 13.8 Å². The first-order valence-corrected chi connectivity index (χ1v) is 7.39. The topological polar surface area (TPSA) is 29.5 Å². The van der Waals surface area contributed by atoms with Crippen LogP contribution in [0.2, 0.25) is 0 Å². The summed E-state index contributed by atoms with van der Waals surface area (Å²) in [5.41, 5.74) is 0. The minimum Gasteiger partial charge on any atom is -0.393 e. The molecule has 0 amide bonds. The van der Waals surface area contributed by atoms with Gasteiger partial charge in [0, 0.05) is 0 Å². The van der Waals surface area contributed by atoms with Crippen molar-refractivity contribution in [1.82, 2.24) is 0 Å². The first-order valence-electron chi connectivity index (χ1n) is 7.39. The molecule has 0 saturated heterocycles. The van der Waals surface area contributed by atoms with Crippen LogP contribution in [0.25, 0.3) is 0 Å². The molecular formula is C15H32O2. The number of aliphatic hydroxyl groups is 1. The average molecular weight is 244 g/mol. The molecule has 0 saturated carbocycles. The highest BCUT2D eigenvalue weighted by molar-refractivity contribution is 4.59. The second kappa shape index (κ2) is 11.0. The molecule has 3 atom stereocenters. The third-order valence-corrected chi connectivity index (χ3v) is 3.10. The molecule has 0 aromatic carbocycles. The van der Waals surface area contributed by atoms with Crippen LogP contribution < -0.4 is 0 Å². The fourth-order valence-corrected chi connectivity index (χ4v) is 2.21. The van der Waals surface area contributed by atoms with Crippen molar-refractivity contribution in [2.75, 3.05) is 0 Å². The van der Waals surface area contributed by atoms with Crippen molar-refractivity contribution in [2.24, 2.45) is 0 Å². The van der Waals surface area contributed by atoms with Crippen LogP contribution in [0.3, 0.4) is 0 Å². The summed E-state index contributed by atoms with van der Waals surface area (Å²) in [6, 6.07) is 0. The molecule has 0 aliphatic heterocycles. The van der Waals surface area contributed by atoms with E-state index in [1.165, 1.54) is 38.5 Å². The van der Waals surface area contributed by atoms with Crippen LogP contribution >= 0.6 is 0 Å². The summed E-state index contributed by atoms with van der Waals surface area (Å²) < 4.78 is 5.83. The molecule has 0 rings (SSSR count). The molecule has 0 fully saturated rings. The van der Waals surface area contributed by atoms with Crippen LogP contribution in [0, 0.1) is 0 Å². The Morgan fingerprint density at radius 3 is 2.06 bits per heavy atom. The van der Waals surface area contributed by atoms with E-state index in [-0.39, 0.29) is 12.2 Å². The van der Waals surface area contributed by atoms with Gasteiger partial charge >= 0.3 is 0 Å². The van der Waals surface area contributed by atoms with Crippen LogP contribution in [0.1, 0.15) is 79.1 Å². The summed E-state index contributed by atoms with van der Waals surface area (Å²) in [6.07, 6.45) is 10.2. The maximum Gasteiger partial charge on any atom is 0.0575 e. The van der Waals surface area contributed by atoms with Crippen molar-refractivity contribution in [1.29, 1.82) is 0 Å². The molecule has 1 N–H and O–H groups in total. The van der Waals surface area contributed by atoms with E-state index in [0.717, 1.165) is 12.8 Å². The monoisotopic (exact) mass is 244 g/mol. The number of hydrogen-bond acceptors (Lipinski definition) is 2. The molecule has 104 valence electrons. The predicted molar refractivity (Wildman–Crippen MR) is 74.3 cm³/mol. The predicted octanol–water partition coefficient (Wildman–Crippen LogP) is 4.30. The van der Waals surface area contributed by atoms with E-state index in [4.69, 9.17) is 4.74 Å². The van der Waals surface area contributed by atoms with E-state index in [1.54, 1.807) is 0 Å². The highest BCUT2D eigenvalue weighted by atomic mass is 16.5. The van der Waals surface area contributed by atoms with Crippen molar-refractivity contribution >= 4 is 0 Å². The summed E-state index contributed by atoms with van der Waals surface area (Å²) >= 11 is 0. The first kappa shape index (κ1) is 16.9.